The lowest BCUT2D eigenvalue weighted by atomic mass is 10.4. The number of rotatable bonds is 6. The van der Waals surface area contributed by atoms with Crippen molar-refractivity contribution in [3.63, 3.8) is 0 Å². The van der Waals surface area contributed by atoms with Gasteiger partial charge in [-0.05, 0) is 26.0 Å². The van der Waals surface area contributed by atoms with Crippen molar-refractivity contribution < 1.29 is 4.74 Å². The maximum absolute atomic E-state index is 8.65. The maximum Gasteiger partial charge on any atom is 0.110 e. The summed E-state index contributed by atoms with van der Waals surface area (Å²) in [5.41, 5.74) is 0. The molecule has 0 saturated heterocycles. The van der Waals surface area contributed by atoms with Crippen molar-refractivity contribution in [2.75, 3.05) is 13.2 Å². The second-order valence-corrected chi connectivity index (χ2v) is 4.44. The average molecular weight is 224 g/mol. The molecule has 1 aromatic heterocycles. The first kappa shape index (κ1) is 12.2. The van der Waals surface area contributed by atoms with E-state index in [0.717, 1.165) is 24.6 Å². The summed E-state index contributed by atoms with van der Waals surface area (Å²) >= 11 is 1.53. The third-order valence-electron chi connectivity index (χ3n) is 1.95. The molecule has 1 rings (SSSR count). The van der Waals surface area contributed by atoms with Crippen LogP contribution in [0.5, 0.6) is 0 Å². The highest BCUT2D eigenvalue weighted by Crippen LogP contribution is 2.14. The average Bonchev–Trinajstić information content (AvgIpc) is 2.66. The Balaban J connectivity index is 2.23. The first-order valence-corrected chi connectivity index (χ1v) is 5.89. The second kappa shape index (κ2) is 6.57. The Morgan fingerprint density at radius 2 is 2.40 bits per heavy atom. The summed E-state index contributed by atoms with van der Waals surface area (Å²) in [6.45, 7) is 6.44. The molecule has 0 saturated carbocycles. The highest BCUT2D eigenvalue weighted by molar-refractivity contribution is 7.12. The van der Waals surface area contributed by atoms with Crippen molar-refractivity contribution in [3.05, 3.63) is 21.9 Å². The lowest BCUT2D eigenvalue weighted by molar-refractivity contribution is 0.0760. The van der Waals surface area contributed by atoms with E-state index < -0.39 is 0 Å². The maximum atomic E-state index is 8.65. The smallest absolute Gasteiger partial charge is 0.110 e. The molecular weight excluding hydrogens is 208 g/mol. The molecule has 1 heterocycles. The van der Waals surface area contributed by atoms with Crippen LogP contribution in [-0.4, -0.2) is 19.3 Å². The van der Waals surface area contributed by atoms with Gasteiger partial charge in [0.2, 0.25) is 0 Å². The molecule has 0 aromatic carbocycles. The zero-order valence-corrected chi connectivity index (χ0v) is 9.93. The van der Waals surface area contributed by atoms with Crippen LogP contribution in [0.25, 0.3) is 0 Å². The Morgan fingerprint density at radius 3 is 3.00 bits per heavy atom. The van der Waals surface area contributed by atoms with Crippen molar-refractivity contribution in [2.24, 2.45) is 0 Å². The van der Waals surface area contributed by atoms with E-state index in [2.05, 4.69) is 11.4 Å². The van der Waals surface area contributed by atoms with Gasteiger partial charge < -0.3 is 10.1 Å². The van der Waals surface area contributed by atoms with E-state index in [1.165, 1.54) is 16.2 Å². The monoisotopic (exact) mass is 224 g/mol. The van der Waals surface area contributed by atoms with Crippen LogP contribution in [0.1, 0.15) is 23.6 Å². The molecule has 15 heavy (non-hydrogen) atoms. The Kier molecular flexibility index (Phi) is 5.33. The molecule has 0 radical (unpaired) electrons. The van der Waals surface area contributed by atoms with Gasteiger partial charge in [0.25, 0.3) is 0 Å². The van der Waals surface area contributed by atoms with Crippen molar-refractivity contribution >= 4 is 11.3 Å². The van der Waals surface area contributed by atoms with Crippen LogP contribution in [-0.2, 0) is 11.3 Å². The van der Waals surface area contributed by atoms with E-state index in [0.29, 0.717) is 0 Å². The zero-order valence-electron chi connectivity index (χ0n) is 9.12. The predicted octanol–water partition coefficient (Wildman–Crippen LogP) is 2.13. The van der Waals surface area contributed by atoms with Gasteiger partial charge in [-0.25, -0.2) is 0 Å². The van der Waals surface area contributed by atoms with Gasteiger partial charge in [0, 0.05) is 24.6 Å². The van der Waals surface area contributed by atoms with Crippen molar-refractivity contribution in [1.29, 1.82) is 5.26 Å². The summed E-state index contributed by atoms with van der Waals surface area (Å²) < 4.78 is 5.39. The first-order valence-electron chi connectivity index (χ1n) is 5.07. The van der Waals surface area contributed by atoms with Gasteiger partial charge in [-0.15, -0.1) is 11.3 Å². The standard InChI is InChI=1S/C11H16N2OS/c1-3-14-9(2)7-13-8-11-5-4-10(6-12)15-11/h4-5,9,13H,3,7-8H2,1-2H3. The summed E-state index contributed by atoms with van der Waals surface area (Å²) in [5.74, 6) is 0. The zero-order chi connectivity index (χ0) is 11.1. The highest BCUT2D eigenvalue weighted by atomic mass is 32.1. The number of ether oxygens (including phenoxy) is 1. The van der Waals surface area contributed by atoms with Crippen LogP contribution in [0, 0.1) is 11.3 Å². The minimum absolute atomic E-state index is 0.241. The van der Waals surface area contributed by atoms with E-state index in [4.69, 9.17) is 10.00 Å². The summed E-state index contributed by atoms with van der Waals surface area (Å²) in [6.07, 6.45) is 0.241. The molecule has 0 aliphatic carbocycles. The number of thiophene rings is 1. The topological polar surface area (TPSA) is 45.0 Å². The Labute approximate surface area is 94.7 Å². The molecule has 0 aliphatic rings. The largest absolute Gasteiger partial charge is 0.377 e. The molecule has 1 aromatic rings. The van der Waals surface area contributed by atoms with E-state index in [1.807, 2.05) is 26.0 Å². The number of nitrogens with zero attached hydrogens (tertiary/aromatic N) is 1. The number of nitriles is 1. The van der Waals surface area contributed by atoms with Crippen LogP contribution >= 0.6 is 11.3 Å². The van der Waals surface area contributed by atoms with E-state index >= 15 is 0 Å². The minimum Gasteiger partial charge on any atom is -0.377 e. The summed E-state index contributed by atoms with van der Waals surface area (Å²) in [7, 11) is 0. The first-order chi connectivity index (χ1) is 7.26. The van der Waals surface area contributed by atoms with E-state index in [9.17, 15) is 0 Å². The third kappa shape index (κ3) is 4.43. The van der Waals surface area contributed by atoms with Gasteiger partial charge in [0.05, 0.1) is 6.10 Å². The normalized spacial score (nSPS) is 12.3. The fourth-order valence-electron chi connectivity index (χ4n) is 1.28. The second-order valence-electron chi connectivity index (χ2n) is 3.27. The Bertz CT molecular complexity index is 330. The van der Waals surface area contributed by atoms with Crippen LogP contribution in [0.3, 0.4) is 0 Å². The Hall–Kier alpha value is -0.890. The molecule has 3 nitrogen and oxygen atoms in total. The Morgan fingerprint density at radius 1 is 1.60 bits per heavy atom. The predicted molar refractivity (Wildman–Crippen MR) is 61.8 cm³/mol. The molecule has 0 bridgehead atoms. The highest BCUT2D eigenvalue weighted by Gasteiger charge is 2.01. The van der Waals surface area contributed by atoms with Crippen LogP contribution in [0.2, 0.25) is 0 Å². The molecular formula is C11H16N2OS. The lowest BCUT2D eigenvalue weighted by Crippen LogP contribution is -2.26. The summed E-state index contributed by atoms with van der Waals surface area (Å²) in [4.78, 5) is 1.96. The van der Waals surface area contributed by atoms with Gasteiger partial charge in [0.15, 0.2) is 0 Å². The molecule has 0 amide bonds. The molecule has 1 N–H and O–H groups in total. The van der Waals surface area contributed by atoms with Gasteiger partial charge in [-0.1, -0.05) is 0 Å². The molecule has 0 spiro atoms. The van der Waals surface area contributed by atoms with Crippen molar-refractivity contribution in [2.45, 2.75) is 26.5 Å². The molecule has 4 heteroatoms. The third-order valence-corrected chi connectivity index (χ3v) is 2.94. The molecule has 0 fully saturated rings. The SMILES string of the molecule is CCOC(C)CNCc1ccc(C#N)s1. The van der Waals surface area contributed by atoms with Crippen LogP contribution in [0.15, 0.2) is 12.1 Å². The van der Waals surface area contributed by atoms with E-state index in [1.54, 1.807) is 0 Å². The molecule has 1 unspecified atom stereocenters. The van der Waals surface area contributed by atoms with Gasteiger partial charge in [0.1, 0.15) is 10.9 Å². The van der Waals surface area contributed by atoms with E-state index in [-0.39, 0.29) is 6.10 Å². The van der Waals surface area contributed by atoms with Crippen molar-refractivity contribution in [1.82, 2.24) is 5.32 Å². The minimum atomic E-state index is 0.241. The fourth-order valence-corrected chi connectivity index (χ4v) is 2.05. The quantitative estimate of drug-likeness (QED) is 0.805. The van der Waals surface area contributed by atoms with Crippen molar-refractivity contribution in [3.8, 4) is 6.07 Å². The molecule has 0 aliphatic heterocycles. The number of hydrogen-bond acceptors (Lipinski definition) is 4. The van der Waals surface area contributed by atoms with Crippen LogP contribution in [0.4, 0.5) is 0 Å². The van der Waals surface area contributed by atoms with Gasteiger partial charge >= 0.3 is 0 Å². The van der Waals surface area contributed by atoms with Crippen LogP contribution < -0.4 is 5.32 Å². The van der Waals surface area contributed by atoms with Gasteiger partial charge in [-0.3, -0.25) is 0 Å². The molecule has 1 atom stereocenters. The summed E-state index contributed by atoms with van der Waals surface area (Å²) in [6, 6.07) is 5.98. The van der Waals surface area contributed by atoms with Gasteiger partial charge in [-0.2, -0.15) is 5.26 Å². The molecule has 82 valence electrons. The summed E-state index contributed by atoms with van der Waals surface area (Å²) in [5, 5.41) is 12.0. The lowest BCUT2D eigenvalue weighted by Gasteiger charge is -2.11. The number of nitrogens with one attached hydrogen (secondary N) is 1. The number of hydrogen-bond donors (Lipinski definition) is 1. The fraction of sp³-hybridized carbons (Fsp3) is 0.545.